The Labute approximate surface area is 175 Å². The van der Waals surface area contributed by atoms with E-state index in [1.54, 1.807) is 30.5 Å². The highest BCUT2D eigenvalue weighted by atomic mass is 35.5. The van der Waals surface area contributed by atoms with Gasteiger partial charge in [-0.15, -0.1) is 0 Å². The summed E-state index contributed by atoms with van der Waals surface area (Å²) in [6.45, 7) is 3.25. The molecular weight excluding hydrogens is 388 g/mol. The smallest absolute Gasteiger partial charge is 0.259 e. The molecule has 1 aromatic heterocycles. The Hall–Kier alpha value is -2.47. The molecule has 2 heterocycles. The Balaban J connectivity index is 1.41. The lowest BCUT2D eigenvalue weighted by Crippen LogP contribution is -2.33. The Kier molecular flexibility index (Phi) is 5.81. The molecule has 2 amide bonds. The monoisotopic (exact) mass is 412 g/mol. The molecule has 1 aromatic carbocycles. The molecule has 1 aliphatic carbocycles. The lowest BCUT2D eigenvalue weighted by atomic mass is 10.1. The molecule has 0 unspecified atom stereocenters. The summed E-state index contributed by atoms with van der Waals surface area (Å²) >= 11 is 5.88. The fourth-order valence-electron chi connectivity index (χ4n) is 4.24. The predicted molar refractivity (Wildman–Crippen MR) is 112 cm³/mol. The molecule has 4 rings (SSSR count). The first-order valence-electron chi connectivity index (χ1n) is 10.2. The van der Waals surface area contributed by atoms with Crippen LogP contribution in [0.15, 0.2) is 30.5 Å². The van der Waals surface area contributed by atoms with Crippen LogP contribution in [0.2, 0.25) is 5.02 Å². The second kappa shape index (κ2) is 8.49. The third kappa shape index (κ3) is 4.42. The molecule has 0 bridgehead atoms. The molecule has 2 aliphatic rings. The summed E-state index contributed by atoms with van der Waals surface area (Å²) in [5, 5.41) is 3.45. The van der Waals surface area contributed by atoms with Crippen LogP contribution in [0, 0.1) is 12.8 Å². The molecule has 1 saturated carbocycles. The fraction of sp³-hybridized carbons (Fsp3) is 0.455. The third-order valence-corrected chi connectivity index (χ3v) is 6.17. The van der Waals surface area contributed by atoms with Crippen LogP contribution in [0.1, 0.15) is 59.9 Å². The second-order valence-corrected chi connectivity index (χ2v) is 8.38. The number of nitrogens with zero attached hydrogens (tertiary/aromatic N) is 3. The van der Waals surface area contributed by atoms with Crippen LogP contribution in [0.25, 0.3) is 0 Å². The van der Waals surface area contributed by atoms with Gasteiger partial charge in [0.2, 0.25) is 5.91 Å². The molecule has 0 radical (unpaired) electrons. The molecule has 2 aromatic rings. The van der Waals surface area contributed by atoms with E-state index in [2.05, 4.69) is 15.3 Å². The summed E-state index contributed by atoms with van der Waals surface area (Å²) < 4.78 is 0. The molecule has 29 heavy (non-hydrogen) atoms. The molecule has 6 nitrogen and oxygen atoms in total. The van der Waals surface area contributed by atoms with Crippen LogP contribution in [-0.2, 0) is 4.79 Å². The van der Waals surface area contributed by atoms with Crippen LogP contribution < -0.4 is 5.32 Å². The normalized spacial score (nSPS) is 19.5. The van der Waals surface area contributed by atoms with Gasteiger partial charge >= 0.3 is 0 Å². The van der Waals surface area contributed by atoms with Crippen molar-refractivity contribution < 1.29 is 9.59 Å². The lowest BCUT2D eigenvalue weighted by molar-refractivity contribution is -0.134. The number of rotatable bonds is 4. The number of benzene rings is 1. The molecule has 152 valence electrons. The van der Waals surface area contributed by atoms with Crippen molar-refractivity contribution in [2.45, 2.75) is 44.9 Å². The number of carbonyl (C=O) groups excluding carboxylic acids is 2. The van der Waals surface area contributed by atoms with Gasteiger partial charge in [0, 0.05) is 41.8 Å². The molecule has 1 N–H and O–H groups in total. The maximum atomic E-state index is 12.7. The largest absolute Gasteiger partial charge is 0.342 e. The first-order valence-corrected chi connectivity index (χ1v) is 10.6. The standard InChI is InChI=1S/C22H25ClN4O2/c1-14-19(21(28)26-18-8-6-17(23)7-9-18)12-24-20(25-14)16-10-11-27(13-16)22(29)15-4-2-3-5-15/h6-9,12,15-16H,2-5,10-11,13H2,1H3,(H,26,28)/t16-/m1/s1. The highest BCUT2D eigenvalue weighted by Crippen LogP contribution is 2.31. The molecule has 1 saturated heterocycles. The zero-order chi connectivity index (χ0) is 20.4. The zero-order valence-electron chi connectivity index (χ0n) is 16.5. The zero-order valence-corrected chi connectivity index (χ0v) is 17.3. The van der Waals surface area contributed by atoms with Gasteiger partial charge in [-0.1, -0.05) is 24.4 Å². The van der Waals surface area contributed by atoms with E-state index in [-0.39, 0.29) is 17.7 Å². The topological polar surface area (TPSA) is 75.2 Å². The number of hydrogen-bond donors (Lipinski definition) is 1. The average Bonchev–Trinajstić information content (AvgIpc) is 3.41. The van der Waals surface area contributed by atoms with Gasteiger partial charge in [0.25, 0.3) is 5.91 Å². The van der Waals surface area contributed by atoms with Crippen molar-refractivity contribution in [2.24, 2.45) is 5.92 Å². The van der Waals surface area contributed by atoms with Gasteiger partial charge in [-0.3, -0.25) is 9.59 Å². The summed E-state index contributed by atoms with van der Waals surface area (Å²) in [6.07, 6.45) is 6.82. The number of halogens is 1. The highest BCUT2D eigenvalue weighted by molar-refractivity contribution is 6.30. The Morgan fingerprint density at radius 1 is 1.14 bits per heavy atom. The molecule has 1 atom stereocenters. The van der Waals surface area contributed by atoms with Crippen molar-refractivity contribution in [2.75, 3.05) is 18.4 Å². The Morgan fingerprint density at radius 3 is 2.55 bits per heavy atom. The van der Waals surface area contributed by atoms with E-state index in [9.17, 15) is 9.59 Å². The van der Waals surface area contributed by atoms with Crippen molar-refractivity contribution in [3.8, 4) is 0 Å². The molecular formula is C22H25ClN4O2. The van der Waals surface area contributed by atoms with Gasteiger partial charge in [0.15, 0.2) is 0 Å². The first-order chi connectivity index (χ1) is 14.0. The highest BCUT2D eigenvalue weighted by Gasteiger charge is 2.34. The SMILES string of the molecule is Cc1nc([C@@H]2CCN(C(=O)C3CCCC3)C2)ncc1C(=O)Nc1ccc(Cl)cc1. The number of aromatic nitrogens is 2. The summed E-state index contributed by atoms with van der Waals surface area (Å²) in [4.78, 5) is 36.2. The summed E-state index contributed by atoms with van der Waals surface area (Å²) in [7, 11) is 0. The van der Waals surface area contributed by atoms with E-state index < -0.39 is 0 Å². The van der Waals surface area contributed by atoms with E-state index >= 15 is 0 Å². The summed E-state index contributed by atoms with van der Waals surface area (Å²) in [6, 6.07) is 6.95. The number of hydrogen-bond acceptors (Lipinski definition) is 4. The number of aryl methyl sites for hydroxylation is 1. The quantitative estimate of drug-likeness (QED) is 0.816. The predicted octanol–water partition coefficient (Wildman–Crippen LogP) is 4.20. The maximum Gasteiger partial charge on any atom is 0.259 e. The molecule has 7 heteroatoms. The van der Waals surface area contributed by atoms with E-state index in [1.807, 2.05) is 11.8 Å². The van der Waals surface area contributed by atoms with Crippen molar-refractivity contribution in [1.82, 2.24) is 14.9 Å². The Bertz CT molecular complexity index is 910. The van der Waals surface area contributed by atoms with Crippen LogP contribution in [-0.4, -0.2) is 39.8 Å². The van der Waals surface area contributed by atoms with Gasteiger partial charge < -0.3 is 10.2 Å². The molecule has 1 aliphatic heterocycles. The Morgan fingerprint density at radius 2 is 1.86 bits per heavy atom. The van der Waals surface area contributed by atoms with Crippen molar-refractivity contribution in [1.29, 1.82) is 0 Å². The minimum absolute atomic E-state index is 0.132. The second-order valence-electron chi connectivity index (χ2n) is 7.94. The van der Waals surface area contributed by atoms with Crippen LogP contribution >= 0.6 is 11.6 Å². The van der Waals surface area contributed by atoms with Gasteiger partial charge in [-0.05, 0) is 50.5 Å². The van der Waals surface area contributed by atoms with Crippen LogP contribution in [0.5, 0.6) is 0 Å². The number of carbonyl (C=O) groups is 2. The molecule has 2 fully saturated rings. The average molecular weight is 413 g/mol. The van der Waals surface area contributed by atoms with Gasteiger partial charge in [0.05, 0.1) is 11.3 Å². The number of amides is 2. The van der Waals surface area contributed by atoms with E-state index in [4.69, 9.17) is 11.6 Å². The van der Waals surface area contributed by atoms with Crippen molar-refractivity contribution in [3.05, 3.63) is 52.6 Å². The minimum atomic E-state index is -0.249. The van der Waals surface area contributed by atoms with E-state index in [1.165, 1.54) is 0 Å². The number of anilines is 1. The summed E-state index contributed by atoms with van der Waals surface area (Å²) in [5.41, 5.74) is 1.75. The number of likely N-dealkylation sites (tertiary alicyclic amines) is 1. The van der Waals surface area contributed by atoms with Crippen molar-refractivity contribution >= 4 is 29.1 Å². The summed E-state index contributed by atoms with van der Waals surface area (Å²) in [5.74, 6) is 1.09. The van der Waals surface area contributed by atoms with Gasteiger partial charge in [0.1, 0.15) is 5.82 Å². The van der Waals surface area contributed by atoms with Gasteiger partial charge in [-0.25, -0.2) is 9.97 Å². The van der Waals surface area contributed by atoms with Crippen LogP contribution in [0.3, 0.4) is 0 Å². The van der Waals surface area contributed by atoms with E-state index in [0.717, 1.165) is 38.6 Å². The number of nitrogens with one attached hydrogen (secondary N) is 1. The fourth-order valence-corrected chi connectivity index (χ4v) is 4.36. The maximum absolute atomic E-state index is 12.7. The van der Waals surface area contributed by atoms with Crippen molar-refractivity contribution in [3.63, 3.8) is 0 Å². The third-order valence-electron chi connectivity index (χ3n) is 5.91. The minimum Gasteiger partial charge on any atom is -0.342 e. The lowest BCUT2D eigenvalue weighted by Gasteiger charge is -2.20. The van der Waals surface area contributed by atoms with Crippen LogP contribution in [0.4, 0.5) is 5.69 Å². The molecule has 0 spiro atoms. The first kappa shape index (κ1) is 19.8. The van der Waals surface area contributed by atoms with E-state index in [0.29, 0.717) is 40.2 Å². The van der Waals surface area contributed by atoms with Gasteiger partial charge in [-0.2, -0.15) is 0 Å².